The summed E-state index contributed by atoms with van der Waals surface area (Å²) >= 11 is 0. The van der Waals surface area contributed by atoms with Crippen LogP contribution in [0.2, 0.25) is 0 Å². The number of nitrogens with zero attached hydrogens (tertiary/aromatic N) is 2. The van der Waals surface area contributed by atoms with E-state index in [9.17, 15) is 40.0 Å². The minimum Gasteiger partial charge on any atom is -0.543 e. The molecule has 0 radical (unpaired) electrons. The molecule has 0 aliphatic heterocycles. The molecule has 0 amide bonds. The largest absolute Gasteiger partial charge is 1.00 e. The van der Waals surface area contributed by atoms with E-state index in [1.807, 2.05) is 0 Å². The van der Waals surface area contributed by atoms with Crippen LogP contribution in [0.15, 0.2) is 60.7 Å². The van der Waals surface area contributed by atoms with E-state index < -0.39 is 33.9 Å². The van der Waals surface area contributed by atoms with Crippen molar-refractivity contribution in [3.8, 4) is 0 Å². The van der Waals surface area contributed by atoms with Crippen LogP contribution >= 0.6 is 0 Å². The Bertz CT molecular complexity index is 694. The van der Waals surface area contributed by atoms with E-state index in [-0.39, 0.29) is 70.2 Å². The molecule has 0 fully saturated rings. The van der Waals surface area contributed by atoms with Crippen LogP contribution in [0, 0.1) is 20.2 Å². The first kappa shape index (κ1) is 28.4. The molecule has 2 unspecified atom stereocenters. The van der Waals surface area contributed by atoms with Gasteiger partial charge in [-0.1, -0.05) is 60.7 Å². The molecule has 0 aliphatic carbocycles. The summed E-state index contributed by atoms with van der Waals surface area (Å²) in [5.74, 6) is -3.40. The van der Waals surface area contributed by atoms with Gasteiger partial charge in [0.15, 0.2) is 0 Å². The number of carbonyl (C=O) groups excluding carboxylic acids is 2. The molecule has 12 heteroatoms. The molecule has 136 valence electrons. The zero-order chi connectivity index (χ0) is 19.7. The van der Waals surface area contributed by atoms with E-state index in [0.717, 1.165) is 0 Å². The van der Waals surface area contributed by atoms with Gasteiger partial charge in [0.1, 0.15) is 11.9 Å². The van der Waals surface area contributed by atoms with Crippen molar-refractivity contribution in [1.29, 1.82) is 0 Å². The average molecular weight is 406 g/mol. The second kappa shape index (κ2) is 14.2. The van der Waals surface area contributed by atoms with Crippen molar-refractivity contribution in [3.63, 3.8) is 0 Å². The van der Waals surface area contributed by atoms with Crippen LogP contribution in [0.4, 0.5) is 0 Å². The van der Waals surface area contributed by atoms with Crippen molar-refractivity contribution >= 4 is 11.9 Å². The Kier molecular flexibility index (Phi) is 14.4. The Labute approximate surface area is 203 Å². The molecule has 0 aliphatic rings. The molecule has 0 spiro atoms. The summed E-state index contributed by atoms with van der Waals surface area (Å²) in [6, 6.07) is 11.4. The summed E-state index contributed by atoms with van der Waals surface area (Å²) in [5, 5.41) is 41.4. The molecular formula is C16H12N2Na2O8. The molecule has 2 rings (SSSR count). The van der Waals surface area contributed by atoms with Gasteiger partial charge in [0.2, 0.25) is 0 Å². The van der Waals surface area contributed by atoms with Gasteiger partial charge in [0, 0.05) is 21.0 Å². The molecule has 28 heavy (non-hydrogen) atoms. The van der Waals surface area contributed by atoms with E-state index in [2.05, 4.69) is 0 Å². The Balaban J connectivity index is 0. The van der Waals surface area contributed by atoms with Crippen molar-refractivity contribution in [2.24, 2.45) is 0 Å². The van der Waals surface area contributed by atoms with Crippen LogP contribution in [-0.2, 0) is 9.59 Å². The predicted octanol–water partition coefficient (Wildman–Crippen LogP) is -6.48. The second-order valence-electron chi connectivity index (χ2n) is 4.84. The zero-order valence-electron chi connectivity index (χ0n) is 15.1. The van der Waals surface area contributed by atoms with Crippen LogP contribution in [0.1, 0.15) is 23.2 Å². The quantitative estimate of drug-likeness (QED) is 0.259. The SMILES string of the molecule is O=C([O-])C(c1ccccc1)[N+](=O)[O-].O=C([O-])C(c1ccccc1)[N+](=O)[O-].[Na+].[Na+]. The van der Waals surface area contributed by atoms with Crippen molar-refractivity contribution in [3.05, 3.63) is 92.0 Å². The fourth-order valence-electron chi connectivity index (χ4n) is 1.96. The Hall–Kier alpha value is -1.82. The number of hydrogen-bond acceptors (Lipinski definition) is 8. The second-order valence-corrected chi connectivity index (χ2v) is 4.84. The van der Waals surface area contributed by atoms with Gasteiger partial charge >= 0.3 is 59.1 Å². The monoisotopic (exact) mass is 406 g/mol. The van der Waals surface area contributed by atoms with Crippen molar-refractivity contribution in [1.82, 2.24) is 0 Å². The van der Waals surface area contributed by atoms with Crippen LogP contribution in [0.5, 0.6) is 0 Å². The fraction of sp³-hybridized carbons (Fsp3) is 0.125. The maximum absolute atomic E-state index is 10.4. The van der Waals surface area contributed by atoms with E-state index in [1.165, 1.54) is 48.5 Å². The zero-order valence-corrected chi connectivity index (χ0v) is 19.1. The minimum absolute atomic E-state index is 0. The number of benzene rings is 2. The third kappa shape index (κ3) is 8.91. The first-order valence-corrected chi connectivity index (χ1v) is 7.04. The maximum Gasteiger partial charge on any atom is 1.00 e. The molecular weight excluding hydrogens is 394 g/mol. The van der Waals surface area contributed by atoms with E-state index >= 15 is 0 Å². The smallest absolute Gasteiger partial charge is 0.543 e. The average Bonchev–Trinajstić information content (AvgIpc) is 2.56. The molecule has 0 saturated carbocycles. The van der Waals surface area contributed by atoms with Gasteiger partial charge in [0.05, 0.1) is 0 Å². The standard InChI is InChI=1S/2C8H7NO4.2Na/c2*10-8(11)7(9(12)13)6-4-2-1-3-5-6;;/h2*1-5,7H,(H,10,11);;/q;;2*+1/p-2. The molecule has 0 saturated heterocycles. The topological polar surface area (TPSA) is 167 Å². The summed E-state index contributed by atoms with van der Waals surface area (Å²) in [6.45, 7) is 0. The maximum atomic E-state index is 10.4. The first-order chi connectivity index (χ1) is 12.3. The number of aliphatic carboxylic acids is 2. The van der Waals surface area contributed by atoms with Crippen molar-refractivity contribution < 1.29 is 88.8 Å². The number of carboxylic acid groups (broad SMARTS) is 2. The molecule has 2 aromatic carbocycles. The van der Waals surface area contributed by atoms with Gasteiger partial charge in [-0.3, -0.25) is 20.2 Å². The fourth-order valence-corrected chi connectivity index (χ4v) is 1.96. The van der Waals surface area contributed by atoms with Crippen LogP contribution in [0.25, 0.3) is 0 Å². The van der Waals surface area contributed by atoms with E-state index in [1.54, 1.807) is 12.1 Å². The van der Waals surface area contributed by atoms with Gasteiger partial charge in [-0.25, -0.2) is 0 Å². The van der Waals surface area contributed by atoms with E-state index in [0.29, 0.717) is 0 Å². The number of carboxylic acids is 2. The molecule has 0 heterocycles. The summed E-state index contributed by atoms with van der Waals surface area (Å²) in [6.07, 6.45) is 0. The summed E-state index contributed by atoms with van der Waals surface area (Å²) in [7, 11) is 0. The van der Waals surface area contributed by atoms with Crippen LogP contribution < -0.4 is 69.3 Å². The van der Waals surface area contributed by atoms with Crippen LogP contribution in [-0.4, -0.2) is 21.8 Å². The molecule has 2 aromatic rings. The summed E-state index contributed by atoms with van der Waals surface area (Å²) in [5.41, 5.74) is 0.236. The van der Waals surface area contributed by atoms with Crippen molar-refractivity contribution in [2.75, 3.05) is 0 Å². The minimum atomic E-state index is -1.78. The molecule has 10 nitrogen and oxygen atoms in total. The summed E-state index contributed by atoms with van der Waals surface area (Å²) < 4.78 is 0. The Morgan fingerprint density at radius 2 is 0.893 bits per heavy atom. The number of nitro groups is 2. The van der Waals surface area contributed by atoms with Gasteiger partial charge in [-0.15, -0.1) is 0 Å². The Morgan fingerprint density at radius 3 is 1.07 bits per heavy atom. The number of carbonyl (C=O) groups is 2. The first-order valence-electron chi connectivity index (χ1n) is 7.04. The Morgan fingerprint density at radius 1 is 0.643 bits per heavy atom. The van der Waals surface area contributed by atoms with Crippen molar-refractivity contribution in [2.45, 2.75) is 12.1 Å². The number of rotatable bonds is 6. The van der Waals surface area contributed by atoms with Gasteiger partial charge in [0.25, 0.3) is 12.1 Å². The van der Waals surface area contributed by atoms with Gasteiger partial charge in [-0.05, 0) is 0 Å². The van der Waals surface area contributed by atoms with Crippen LogP contribution in [0.3, 0.4) is 0 Å². The molecule has 0 bridgehead atoms. The number of hydrogen-bond donors (Lipinski definition) is 0. The molecule has 0 aromatic heterocycles. The normalized spacial score (nSPS) is 11.1. The third-order valence-corrected chi connectivity index (χ3v) is 3.10. The molecule has 0 N–H and O–H groups in total. The van der Waals surface area contributed by atoms with Gasteiger partial charge < -0.3 is 19.8 Å². The van der Waals surface area contributed by atoms with E-state index in [4.69, 9.17) is 0 Å². The molecule has 2 atom stereocenters. The predicted molar refractivity (Wildman–Crippen MR) is 82.4 cm³/mol. The summed E-state index contributed by atoms with van der Waals surface area (Å²) in [4.78, 5) is 39.7. The van der Waals surface area contributed by atoms with Gasteiger partial charge in [-0.2, -0.15) is 0 Å². The third-order valence-electron chi connectivity index (χ3n) is 3.10.